The van der Waals surface area contributed by atoms with Crippen LogP contribution in [0.1, 0.15) is 30.4 Å². The van der Waals surface area contributed by atoms with Gasteiger partial charge in [0.15, 0.2) is 0 Å². The molecule has 0 radical (unpaired) electrons. The Bertz CT molecular complexity index is 891. The number of halogens is 2. The summed E-state index contributed by atoms with van der Waals surface area (Å²) in [5.74, 6) is -1.20. The number of nitrogens with zero attached hydrogens (tertiary/aromatic N) is 3. The molecule has 29 heavy (non-hydrogen) atoms. The standard InChI is InChI=1S/C22H23F2N3O2/c23-18-8-17(9-19(24)11-18)14-27-15-22(12-21(27)29)3-6-26(7-4-22)20(28)10-16-2-1-5-25-13-16/h1-2,5,8-9,11,13H,3-4,6-7,10,12,14-15H2. The summed E-state index contributed by atoms with van der Waals surface area (Å²) >= 11 is 0. The summed E-state index contributed by atoms with van der Waals surface area (Å²) in [6, 6.07) is 7.06. The van der Waals surface area contributed by atoms with Crippen LogP contribution in [-0.2, 0) is 22.6 Å². The molecule has 2 saturated heterocycles. The van der Waals surface area contributed by atoms with Gasteiger partial charge in [0, 0.05) is 56.5 Å². The molecular formula is C22H23F2N3O2. The first kappa shape index (κ1) is 19.5. The molecule has 4 rings (SSSR count). The molecule has 1 aromatic carbocycles. The molecule has 2 aliphatic heterocycles. The van der Waals surface area contributed by atoms with Crippen LogP contribution in [0.4, 0.5) is 8.78 Å². The lowest BCUT2D eigenvalue weighted by atomic mass is 9.77. The fraction of sp³-hybridized carbons (Fsp3) is 0.409. The number of piperidine rings is 1. The fourth-order valence-corrected chi connectivity index (χ4v) is 4.40. The summed E-state index contributed by atoms with van der Waals surface area (Å²) in [6.07, 6.45) is 5.65. The minimum Gasteiger partial charge on any atom is -0.342 e. The number of likely N-dealkylation sites (tertiary alicyclic amines) is 2. The van der Waals surface area contributed by atoms with Crippen molar-refractivity contribution in [1.29, 1.82) is 0 Å². The molecule has 2 amide bonds. The molecule has 5 nitrogen and oxygen atoms in total. The molecule has 0 N–H and O–H groups in total. The van der Waals surface area contributed by atoms with E-state index >= 15 is 0 Å². The topological polar surface area (TPSA) is 53.5 Å². The molecule has 0 atom stereocenters. The number of carbonyl (C=O) groups excluding carboxylic acids is 2. The average Bonchev–Trinajstić information content (AvgIpc) is 2.97. The van der Waals surface area contributed by atoms with E-state index in [2.05, 4.69) is 4.98 Å². The van der Waals surface area contributed by atoms with Gasteiger partial charge < -0.3 is 9.80 Å². The number of benzene rings is 1. The van der Waals surface area contributed by atoms with Crippen molar-refractivity contribution in [3.8, 4) is 0 Å². The van der Waals surface area contributed by atoms with E-state index in [4.69, 9.17) is 0 Å². The number of hydrogen-bond acceptors (Lipinski definition) is 3. The van der Waals surface area contributed by atoms with Crippen molar-refractivity contribution < 1.29 is 18.4 Å². The van der Waals surface area contributed by atoms with E-state index in [1.807, 2.05) is 17.0 Å². The van der Waals surface area contributed by atoms with Crippen molar-refractivity contribution >= 4 is 11.8 Å². The first-order valence-electron chi connectivity index (χ1n) is 9.82. The van der Waals surface area contributed by atoms with Gasteiger partial charge in [-0.2, -0.15) is 0 Å². The van der Waals surface area contributed by atoms with Crippen LogP contribution in [0.2, 0.25) is 0 Å². The fourth-order valence-electron chi connectivity index (χ4n) is 4.40. The largest absolute Gasteiger partial charge is 0.342 e. The Morgan fingerprint density at radius 3 is 2.48 bits per heavy atom. The molecule has 0 saturated carbocycles. The molecule has 1 aromatic heterocycles. The van der Waals surface area contributed by atoms with E-state index < -0.39 is 11.6 Å². The quantitative estimate of drug-likeness (QED) is 0.794. The van der Waals surface area contributed by atoms with Crippen molar-refractivity contribution in [2.24, 2.45) is 5.41 Å². The third kappa shape index (κ3) is 4.44. The highest BCUT2D eigenvalue weighted by Crippen LogP contribution is 2.41. The molecule has 2 aliphatic rings. The summed E-state index contributed by atoms with van der Waals surface area (Å²) < 4.78 is 26.9. The predicted octanol–water partition coefficient (Wildman–Crippen LogP) is 2.94. The van der Waals surface area contributed by atoms with Crippen LogP contribution >= 0.6 is 0 Å². The molecule has 152 valence electrons. The molecule has 0 bridgehead atoms. The lowest BCUT2D eigenvalue weighted by Gasteiger charge is -2.39. The Morgan fingerprint density at radius 2 is 1.83 bits per heavy atom. The normalized spacial score (nSPS) is 18.5. The lowest BCUT2D eigenvalue weighted by Crippen LogP contribution is -2.44. The zero-order valence-corrected chi connectivity index (χ0v) is 16.1. The highest BCUT2D eigenvalue weighted by atomic mass is 19.1. The van der Waals surface area contributed by atoms with Gasteiger partial charge >= 0.3 is 0 Å². The van der Waals surface area contributed by atoms with Gasteiger partial charge in [-0.15, -0.1) is 0 Å². The number of hydrogen-bond donors (Lipinski definition) is 0. The van der Waals surface area contributed by atoms with Gasteiger partial charge in [0.05, 0.1) is 6.42 Å². The number of pyridine rings is 1. The number of aromatic nitrogens is 1. The smallest absolute Gasteiger partial charge is 0.227 e. The third-order valence-electron chi connectivity index (χ3n) is 5.96. The second-order valence-corrected chi connectivity index (χ2v) is 8.12. The molecule has 7 heteroatoms. The van der Waals surface area contributed by atoms with Gasteiger partial charge in [-0.1, -0.05) is 6.07 Å². The number of rotatable bonds is 4. The summed E-state index contributed by atoms with van der Waals surface area (Å²) in [4.78, 5) is 32.7. The Kier molecular flexibility index (Phi) is 5.30. The maximum Gasteiger partial charge on any atom is 0.227 e. The van der Waals surface area contributed by atoms with Crippen LogP contribution in [0, 0.1) is 17.0 Å². The minimum atomic E-state index is -0.637. The molecule has 2 aromatic rings. The molecule has 0 aliphatic carbocycles. The predicted molar refractivity (Wildman–Crippen MR) is 103 cm³/mol. The highest BCUT2D eigenvalue weighted by molar-refractivity contribution is 5.80. The minimum absolute atomic E-state index is 0.00445. The highest BCUT2D eigenvalue weighted by Gasteiger charge is 2.45. The van der Waals surface area contributed by atoms with Crippen LogP contribution < -0.4 is 0 Å². The van der Waals surface area contributed by atoms with E-state index in [9.17, 15) is 18.4 Å². The Morgan fingerprint density at radius 1 is 1.10 bits per heavy atom. The second-order valence-electron chi connectivity index (χ2n) is 8.12. The molecule has 0 unspecified atom stereocenters. The average molecular weight is 399 g/mol. The maximum absolute atomic E-state index is 13.4. The summed E-state index contributed by atoms with van der Waals surface area (Å²) in [5.41, 5.74) is 1.19. The van der Waals surface area contributed by atoms with Gasteiger partial charge in [0.2, 0.25) is 11.8 Å². The van der Waals surface area contributed by atoms with Crippen LogP contribution in [0.25, 0.3) is 0 Å². The first-order chi connectivity index (χ1) is 13.9. The van der Waals surface area contributed by atoms with E-state index in [1.165, 1.54) is 12.1 Å². The molecule has 2 fully saturated rings. The van der Waals surface area contributed by atoms with E-state index in [1.54, 1.807) is 17.3 Å². The monoisotopic (exact) mass is 399 g/mol. The van der Waals surface area contributed by atoms with Gasteiger partial charge in [0.1, 0.15) is 11.6 Å². The van der Waals surface area contributed by atoms with E-state index in [0.29, 0.717) is 38.0 Å². The molecule has 1 spiro atoms. The van der Waals surface area contributed by atoms with Crippen LogP contribution in [0.3, 0.4) is 0 Å². The Labute approximate surface area is 168 Å². The van der Waals surface area contributed by atoms with Gasteiger partial charge in [-0.3, -0.25) is 14.6 Å². The van der Waals surface area contributed by atoms with E-state index in [-0.39, 0.29) is 23.8 Å². The maximum atomic E-state index is 13.4. The summed E-state index contributed by atoms with van der Waals surface area (Å²) in [5, 5.41) is 0. The zero-order valence-electron chi connectivity index (χ0n) is 16.1. The van der Waals surface area contributed by atoms with E-state index in [0.717, 1.165) is 24.5 Å². The molecule has 3 heterocycles. The zero-order chi connectivity index (χ0) is 20.4. The van der Waals surface area contributed by atoms with Crippen molar-refractivity contribution in [3.63, 3.8) is 0 Å². The Balaban J connectivity index is 1.35. The van der Waals surface area contributed by atoms with Crippen molar-refractivity contribution in [3.05, 3.63) is 65.5 Å². The Hall–Kier alpha value is -2.83. The van der Waals surface area contributed by atoms with Crippen molar-refractivity contribution in [1.82, 2.24) is 14.8 Å². The van der Waals surface area contributed by atoms with Gasteiger partial charge in [0.25, 0.3) is 0 Å². The first-order valence-corrected chi connectivity index (χ1v) is 9.82. The van der Waals surface area contributed by atoms with Crippen LogP contribution in [0.15, 0.2) is 42.7 Å². The lowest BCUT2D eigenvalue weighted by molar-refractivity contribution is -0.132. The SMILES string of the molecule is O=C(Cc1cccnc1)N1CCC2(CC1)CC(=O)N(Cc1cc(F)cc(F)c1)C2. The second kappa shape index (κ2) is 7.89. The van der Waals surface area contributed by atoms with Crippen molar-refractivity contribution in [2.75, 3.05) is 19.6 Å². The third-order valence-corrected chi connectivity index (χ3v) is 5.96. The summed E-state index contributed by atoms with van der Waals surface area (Å²) in [7, 11) is 0. The molecular weight excluding hydrogens is 376 g/mol. The van der Waals surface area contributed by atoms with Crippen molar-refractivity contribution in [2.45, 2.75) is 32.2 Å². The number of amides is 2. The van der Waals surface area contributed by atoms with Crippen LogP contribution in [-0.4, -0.2) is 46.2 Å². The number of carbonyl (C=O) groups is 2. The summed E-state index contributed by atoms with van der Waals surface area (Å²) in [6.45, 7) is 2.01. The van der Waals surface area contributed by atoms with Crippen LogP contribution in [0.5, 0.6) is 0 Å². The van der Waals surface area contributed by atoms with Gasteiger partial charge in [-0.05, 0) is 42.2 Å². The van der Waals surface area contributed by atoms with Gasteiger partial charge in [-0.25, -0.2) is 8.78 Å².